The molecule has 0 saturated heterocycles. The lowest BCUT2D eigenvalue weighted by atomic mass is 9.88. The second-order valence-corrected chi connectivity index (χ2v) is 9.85. The van der Waals surface area contributed by atoms with Crippen molar-refractivity contribution < 1.29 is 0 Å². The van der Waals surface area contributed by atoms with E-state index in [1.54, 1.807) is 0 Å². The molecule has 1 aliphatic carbocycles. The van der Waals surface area contributed by atoms with Crippen LogP contribution >= 0.6 is 0 Å². The minimum Gasteiger partial charge on any atom is -0.309 e. The standard InChI is InChI=1S/C37H27N/c1-26-12-3-2-4-13-29-24-28(22-23-32(29)33-17-6-5-16-31(26)33)27-14-11-15-30(25-27)38-36-20-9-7-18-34(36)35-19-8-10-21-37(35)38/h2-12,14-25H,1,13H2/b4-2-,12-3-. The van der Waals surface area contributed by atoms with Gasteiger partial charge in [0.2, 0.25) is 0 Å². The molecule has 38 heavy (non-hydrogen) atoms. The number of benzene rings is 5. The molecule has 0 aliphatic heterocycles. The largest absolute Gasteiger partial charge is 0.309 e. The van der Waals surface area contributed by atoms with Crippen molar-refractivity contribution >= 4 is 27.4 Å². The van der Waals surface area contributed by atoms with Crippen molar-refractivity contribution in [1.82, 2.24) is 4.57 Å². The van der Waals surface area contributed by atoms with Crippen LogP contribution in [0.25, 0.3) is 55.3 Å². The van der Waals surface area contributed by atoms with Crippen LogP contribution in [0.2, 0.25) is 0 Å². The van der Waals surface area contributed by atoms with Crippen molar-refractivity contribution in [3.63, 3.8) is 0 Å². The molecular formula is C37H27N. The summed E-state index contributed by atoms with van der Waals surface area (Å²) >= 11 is 0. The van der Waals surface area contributed by atoms with Gasteiger partial charge in [0.05, 0.1) is 11.0 Å². The molecular weight excluding hydrogens is 458 g/mol. The first kappa shape index (κ1) is 22.3. The SMILES string of the molecule is C=C1/C=C\C=C/Cc2cc(-c3cccc(-n4c5ccccc5c5ccccc54)c3)ccc2-c2ccccc21. The predicted octanol–water partition coefficient (Wildman–Crippen LogP) is 9.80. The van der Waals surface area contributed by atoms with Gasteiger partial charge in [-0.15, -0.1) is 0 Å². The van der Waals surface area contributed by atoms with E-state index in [1.165, 1.54) is 60.9 Å². The van der Waals surface area contributed by atoms with Crippen LogP contribution in [-0.2, 0) is 6.42 Å². The second kappa shape index (κ2) is 9.21. The minimum atomic E-state index is 0.876. The van der Waals surface area contributed by atoms with E-state index in [4.69, 9.17) is 0 Å². The van der Waals surface area contributed by atoms with Crippen LogP contribution in [0.3, 0.4) is 0 Å². The average Bonchev–Trinajstić information content (AvgIpc) is 3.31. The molecule has 0 atom stereocenters. The average molecular weight is 486 g/mol. The van der Waals surface area contributed by atoms with Gasteiger partial charge in [-0.1, -0.05) is 122 Å². The van der Waals surface area contributed by atoms with E-state index < -0.39 is 0 Å². The molecule has 0 amide bonds. The number of hydrogen-bond donors (Lipinski definition) is 0. The first-order valence-electron chi connectivity index (χ1n) is 13.1. The van der Waals surface area contributed by atoms with Crippen LogP contribution in [0.4, 0.5) is 0 Å². The summed E-state index contributed by atoms with van der Waals surface area (Å²) in [5.74, 6) is 0. The van der Waals surface area contributed by atoms with Crippen LogP contribution < -0.4 is 0 Å². The molecule has 0 radical (unpaired) electrons. The van der Waals surface area contributed by atoms with E-state index in [0.29, 0.717) is 0 Å². The Bertz CT molecular complexity index is 1860. The fourth-order valence-electron chi connectivity index (χ4n) is 5.76. The van der Waals surface area contributed by atoms with Gasteiger partial charge in [-0.2, -0.15) is 0 Å². The summed E-state index contributed by atoms with van der Waals surface area (Å²) in [5.41, 5.74) is 12.1. The van der Waals surface area contributed by atoms with E-state index >= 15 is 0 Å². The monoisotopic (exact) mass is 485 g/mol. The van der Waals surface area contributed by atoms with Crippen molar-refractivity contribution in [1.29, 1.82) is 0 Å². The molecule has 0 unspecified atom stereocenters. The Morgan fingerprint density at radius 2 is 1.24 bits per heavy atom. The number of nitrogens with zero attached hydrogens (tertiary/aromatic N) is 1. The van der Waals surface area contributed by atoms with E-state index in [-0.39, 0.29) is 0 Å². The molecule has 180 valence electrons. The Kier molecular flexibility index (Phi) is 5.41. The normalized spacial score (nSPS) is 14.7. The van der Waals surface area contributed by atoms with Crippen molar-refractivity contribution in [2.45, 2.75) is 6.42 Å². The second-order valence-electron chi connectivity index (χ2n) is 9.85. The highest BCUT2D eigenvalue weighted by Gasteiger charge is 2.14. The predicted molar refractivity (Wildman–Crippen MR) is 163 cm³/mol. The summed E-state index contributed by atoms with van der Waals surface area (Å²) < 4.78 is 2.38. The van der Waals surface area contributed by atoms with E-state index in [1.807, 2.05) is 0 Å². The molecule has 1 heteroatoms. The molecule has 0 saturated carbocycles. The van der Waals surface area contributed by atoms with Crippen molar-refractivity contribution in [3.8, 4) is 27.9 Å². The van der Waals surface area contributed by atoms with E-state index in [0.717, 1.165) is 12.0 Å². The van der Waals surface area contributed by atoms with Crippen LogP contribution in [0.15, 0.2) is 146 Å². The summed E-state index contributed by atoms with van der Waals surface area (Å²) in [4.78, 5) is 0. The molecule has 1 nitrogen and oxygen atoms in total. The highest BCUT2D eigenvalue weighted by atomic mass is 15.0. The van der Waals surface area contributed by atoms with Gasteiger partial charge in [-0.3, -0.25) is 0 Å². The van der Waals surface area contributed by atoms with Crippen molar-refractivity contribution in [2.75, 3.05) is 0 Å². The highest BCUT2D eigenvalue weighted by molar-refractivity contribution is 6.09. The maximum atomic E-state index is 4.32. The zero-order chi connectivity index (χ0) is 25.5. The number of fused-ring (bicyclic) bond motifs is 6. The molecule has 6 aromatic rings. The quantitative estimate of drug-likeness (QED) is 0.230. The summed E-state index contributed by atoms with van der Waals surface area (Å²) in [5, 5.41) is 2.56. The third-order valence-electron chi connectivity index (χ3n) is 7.57. The fourth-order valence-corrected chi connectivity index (χ4v) is 5.76. The summed E-state index contributed by atoms with van der Waals surface area (Å²) in [6, 6.07) is 41.7. The van der Waals surface area contributed by atoms with Crippen molar-refractivity contribution in [2.24, 2.45) is 0 Å². The lowest BCUT2D eigenvalue weighted by Crippen LogP contribution is -1.96. The fraction of sp³-hybridized carbons (Fsp3) is 0.0270. The van der Waals surface area contributed by atoms with Gasteiger partial charge in [0.25, 0.3) is 0 Å². The van der Waals surface area contributed by atoms with Crippen LogP contribution in [0, 0.1) is 0 Å². The van der Waals surface area contributed by atoms with Crippen LogP contribution in [0.5, 0.6) is 0 Å². The Balaban J connectivity index is 1.38. The molecule has 1 aromatic heterocycles. The number of para-hydroxylation sites is 2. The lowest BCUT2D eigenvalue weighted by Gasteiger charge is -2.16. The van der Waals surface area contributed by atoms with Gasteiger partial charge in [0.15, 0.2) is 0 Å². The van der Waals surface area contributed by atoms with Gasteiger partial charge in [0.1, 0.15) is 0 Å². The minimum absolute atomic E-state index is 0.876. The first-order valence-corrected chi connectivity index (χ1v) is 13.1. The van der Waals surface area contributed by atoms with Gasteiger partial charge >= 0.3 is 0 Å². The number of rotatable bonds is 2. The number of aromatic nitrogens is 1. The smallest absolute Gasteiger partial charge is 0.0541 e. The Morgan fingerprint density at radius 1 is 0.553 bits per heavy atom. The number of hydrogen-bond acceptors (Lipinski definition) is 0. The van der Waals surface area contributed by atoms with Crippen LogP contribution in [0.1, 0.15) is 11.1 Å². The third-order valence-corrected chi connectivity index (χ3v) is 7.57. The van der Waals surface area contributed by atoms with Gasteiger partial charge in [-0.25, -0.2) is 0 Å². The van der Waals surface area contributed by atoms with Crippen LogP contribution in [-0.4, -0.2) is 4.57 Å². The topological polar surface area (TPSA) is 4.93 Å². The zero-order valence-electron chi connectivity index (χ0n) is 21.1. The summed E-state index contributed by atoms with van der Waals surface area (Å²) in [7, 11) is 0. The van der Waals surface area contributed by atoms with E-state index in [2.05, 4.69) is 151 Å². The molecule has 0 spiro atoms. The van der Waals surface area contributed by atoms with Gasteiger partial charge < -0.3 is 4.57 Å². The maximum Gasteiger partial charge on any atom is 0.0541 e. The first-order chi connectivity index (χ1) is 18.8. The molecule has 1 aliphatic rings. The summed E-state index contributed by atoms with van der Waals surface area (Å²) in [6.07, 6.45) is 9.41. The maximum absolute atomic E-state index is 4.32. The molecule has 0 fully saturated rings. The molecule has 1 heterocycles. The van der Waals surface area contributed by atoms with Gasteiger partial charge in [0, 0.05) is 16.5 Å². The third kappa shape index (κ3) is 3.72. The molecule has 5 aromatic carbocycles. The molecule has 0 bridgehead atoms. The van der Waals surface area contributed by atoms with Gasteiger partial charge in [-0.05, 0) is 69.6 Å². The van der Waals surface area contributed by atoms with E-state index in [9.17, 15) is 0 Å². The molecule has 0 N–H and O–H groups in total. The van der Waals surface area contributed by atoms with Crippen molar-refractivity contribution in [3.05, 3.63) is 157 Å². The zero-order valence-corrected chi connectivity index (χ0v) is 21.1. The Morgan fingerprint density at radius 3 is 2.03 bits per heavy atom. The lowest BCUT2D eigenvalue weighted by molar-refractivity contribution is 1.18. The number of allylic oxidation sites excluding steroid dienone is 5. The Hall–Kier alpha value is -4.88. The Labute approximate surface area is 223 Å². The molecule has 7 rings (SSSR count). The summed E-state index contributed by atoms with van der Waals surface area (Å²) in [6.45, 7) is 4.32. The highest BCUT2D eigenvalue weighted by Crippen LogP contribution is 2.36.